The molecule has 0 aliphatic carbocycles. The molecule has 0 heterocycles. The van der Waals surface area contributed by atoms with Crippen molar-refractivity contribution in [3.8, 4) is 0 Å². The second kappa shape index (κ2) is 3.63. The van der Waals surface area contributed by atoms with Crippen LogP contribution in [-0.2, 0) is 11.7 Å². The average Bonchev–Trinajstić information content (AvgIpc) is 1.97. The van der Waals surface area contributed by atoms with Gasteiger partial charge in [0.05, 0.1) is 10.0 Å². The van der Waals surface area contributed by atoms with Gasteiger partial charge in [-0.1, -0.05) is 34.8 Å². The van der Waals surface area contributed by atoms with Crippen molar-refractivity contribution in [2.45, 2.75) is 6.61 Å². The van der Waals surface area contributed by atoms with E-state index in [1.807, 2.05) is 0 Å². The van der Waals surface area contributed by atoms with Crippen LogP contribution in [0.3, 0.4) is 0 Å². The molecule has 1 radical (unpaired) electrons. The van der Waals surface area contributed by atoms with Gasteiger partial charge in [0, 0.05) is 10.6 Å². The van der Waals surface area contributed by atoms with Gasteiger partial charge in [0.1, 0.15) is 6.61 Å². The maximum atomic E-state index is 10.4. The van der Waals surface area contributed by atoms with Gasteiger partial charge >= 0.3 is 0 Å². The molecule has 0 bridgehead atoms. The Kier molecular flexibility index (Phi) is 3.02. The molecular formula is C7H4Cl3O. The normalized spacial score (nSPS) is 10.2. The fourth-order valence-electron chi connectivity index (χ4n) is 0.674. The predicted octanol–water partition coefficient (Wildman–Crippen LogP) is 3.58. The summed E-state index contributed by atoms with van der Waals surface area (Å²) in [5.41, 5.74) is 0.473. The molecule has 0 atom stereocenters. The van der Waals surface area contributed by atoms with Gasteiger partial charge in [0.15, 0.2) is 0 Å². The van der Waals surface area contributed by atoms with E-state index in [1.54, 1.807) is 0 Å². The summed E-state index contributed by atoms with van der Waals surface area (Å²) in [5.74, 6) is 0. The summed E-state index contributed by atoms with van der Waals surface area (Å²) in [7, 11) is 0. The zero-order valence-electron chi connectivity index (χ0n) is 5.40. The first-order chi connectivity index (χ1) is 5.15. The molecule has 0 aromatic heterocycles. The standard InChI is InChI=1S/C7H4Cl3O/c8-5-2-7(10)6(9)1-4(5)3-11/h1-2H,3H2. The smallest absolute Gasteiger partial charge is 0.109 e. The maximum absolute atomic E-state index is 10.4. The van der Waals surface area contributed by atoms with Gasteiger partial charge in [-0.2, -0.15) is 0 Å². The summed E-state index contributed by atoms with van der Waals surface area (Å²) in [6.07, 6.45) is 0. The van der Waals surface area contributed by atoms with Gasteiger partial charge in [0.2, 0.25) is 0 Å². The molecule has 4 heteroatoms. The number of halogens is 3. The van der Waals surface area contributed by atoms with Crippen LogP contribution >= 0.6 is 34.8 Å². The first-order valence-corrected chi connectivity index (χ1v) is 4.00. The first-order valence-electron chi connectivity index (χ1n) is 2.86. The Morgan fingerprint density at radius 1 is 1.00 bits per heavy atom. The van der Waals surface area contributed by atoms with Crippen LogP contribution in [0.2, 0.25) is 15.1 Å². The van der Waals surface area contributed by atoms with Crippen LogP contribution in [0.5, 0.6) is 0 Å². The summed E-state index contributed by atoms with van der Waals surface area (Å²) in [5, 5.41) is 11.5. The topological polar surface area (TPSA) is 19.9 Å². The van der Waals surface area contributed by atoms with Crippen LogP contribution in [0.15, 0.2) is 12.1 Å². The second-order valence-corrected chi connectivity index (χ2v) is 3.22. The third kappa shape index (κ3) is 2.00. The molecule has 1 aromatic carbocycles. The predicted molar refractivity (Wildman–Crippen MR) is 45.9 cm³/mol. The summed E-state index contributed by atoms with van der Waals surface area (Å²) in [6.45, 7) is -0.379. The van der Waals surface area contributed by atoms with E-state index in [-0.39, 0.29) is 6.61 Å². The maximum Gasteiger partial charge on any atom is 0.109 e. The van der Waals surface area contributed by atoms with Crippen LogP contribution in [-0.4, -0.2) is 0 Å². The van der Waals surface area contributed by atoms with Crippen molar-refractivity contribution in [1.82, 2.24) is 0 Å². The van der Waals surface area contributed by atoms with Gasteiger partial charge in [-0.15, -0.1) is 0 Å². The first kappa shape index (κ1) is 9.14. The average molecular weight is 210 g/mol. The van der Waals surface area contributed by atoms with Crippen molar-refractivity contribution in [2.75, 3.05) is 0 Å². The van der Waals surface area contributed by atoms with Crippen LogP contribution in [0, 0.1) is 0 Å². The molecular weight excluding hydrogens is 206 g/mol. The van der Waals surface area contributed by atoms with Gasteiger partial charge in [0.25, 0.3) is 0 Å². The Morgan fingerprint density at radius 2 is 1.55 bits per heavy atom. The Labute approximate surface area is 79.5 Å². The second-order valence-electron chi connectivity index (χ2n) is 2.00. The molecule has 0 unspecified atom stereocenters. The Hall–Kier alpha value is 0.0500. The van der Waals surface area contributed by atoms with E-state index in [2.05, 4.69) is 0 Å². The van der Waals surface area contributed by atoms with Crippen molar-refractivity contribution in [2.24, 2.45) is 0 Å². The summed E-state index contributed by atoms with van der Waals surface area (Å²) < 4.78 is 0. The summed E-state index contributed by atoms with van der Waals surface area (Å²) in [4.78, 5) is 0. The lowest BCUT2D eigenvalue weighted by Crippen LogP contribution is -1.83. The minimum atomic E-state index is -0.379. The van der Waals surface area contributed by atoms with Crippen molar-refractivity contribution >= 4 is 34.8 Å². The third-order valence-corrected chi connectivity index (χ3v) is 2.32. The molecule has 1 rings (SSSR count). The largest absolute Gasteiger partial charge is 0.232 e. The van der Waals surface area contributed by atoms with E-state index in [1.165, 1.54) is 12.1 Å². The molecule has 0 spiro atoms. The van der Waals surface area contributed by atoms with Crippen LogP contribution in [0.25, 0.3) is 0 Å². The quantitative estimate of drug-likeness (QED) is 0.632. The van der Waals surface area contributed by atoms with Crippen molar-refractivity contribution in [3.05, 3.63) is 32.8 Å². The van der Waals surface area contributed by atoms with E-state index < -0.39 is 0 Å². The van der Waals surface area contributed by atoms with E-state index in [4.69, 9.17) is 34.8 Å². The fourth-order valence-corrected chi connectivity index (χ4v) is 1.30. The fraction of sp³-hybridized carbons (Fsp3) is 0.143. The molecule has 1 aromatic rings. The number of hydrogen-bond donors (Lipinski definition) is 0. The van der Waals surface area contributed by atoms with E-state index in [0.29, 0.717) is 20.6 Å². The lowest BCUT2D eigenvalue weighted by Gasteiger charge is -2.00. The molecule has 59 valence electrons. The molecule has 1 nitrogen and oxygen atoms in total. The Morgan fingerprint density at radius 3 is 2.09 bits per heavy atom. The van der Waals surface area contributed by atoms with Crippen LogP contribution in [0.1, 0.15) is 5.56 Å². The SMILES string of the molecule is [O]Cc1cc(Cl)c(Cl)cc1Cl. The minimum Gasteiger partial charge on any atom is -0.232 e. The molecule has 0 aliphatic heterocycles. The van der Waals surface area contributed by atoms with Crippen LogP contribution in [0.4, 0.5) is 0 Å². The van der Waals surface area contributed by atoms with Crippen molar-refractivity contribution < 1.29 is 5.11 Å². The monoisotopic (exact) mass is 209 g/mol. The Bertz CT molecular complexity index is 273. The number of rotatable bonds is 1. The molecule has 0 saturated carbocycles. The molecule has 0 N–H and O–H groups in total. The van der Waals surface area contributed by atoms with Gasteiger partial charge in [-0.05, 0) is 12.1 Å². The minimum absolute atomic E-state index is 0.363. The lowest BCUT2D eigenvalue weighted by molar-refractivity contribution is 0.177. The van der Waals surface area contributed by atoms with Crippen LogP contribution < -0.4 is 0 Å². The van der Waals surface area contributed by atoms with E-state index in [0.717, 1.165) is 0 Å². The molecule has 0 saturated heterocycles. The number of hydrogen-bond acceptors (Lipinski definition) is 0. The summed E-state index contributed by atoms with van der Waals surface area (Å²) >= 11 is 16.9. The molecule has 0 aliphatic rings. The highest BCUT2D eigenvalue weighted by atomic mass is 35.5. The van der Waals surface area contributed by atoms with Gasteiger partial charge < -0.3 is 0 Å². The van der Waals surface area contributed by atoms with E-state index >= 15 is 0 Å². The highest BCUT2D eigenvalue weighted by Crippen LogP contribution is 2.28. The molecule has 11 heavy (non-hydrogen) atoms. The zero-order valence-corrected chi connectivity index (χ0v) is 7.67. The number of benzene rings is 1. The Balaban J connectivity index is 3.21. The van der Waals surface area contributed by atoms with Gasteiger partial charge in [-0.25, -0.2) is 5.11 Å². The summed E-state index contributed by atoms with van der Waals surface area (Å²) in [6, 6.07) is 2.96. The third-order valence-electron chi connectivity index (χ3n) is 1.24. The van der Waals surface area contributed by atoms with Crippen molar-refractivity contribution in [3.63, 3.8) is 0 Å². The van der Waals surface area contributed by atoms with E-state index in [9.17, 15) is 5.11 Å². The molecule has 0 fully saturated rings. The molecule has 0 amide bonds. The highest BCUT2D eigenvalue weighted by molar-refractivity contribution is 6.43. The zero-order chi connectivity index (χ0) is 8.43. The highest BCUT2D eigenvalue weighted by Gasteiger charge is 2.04. The van der Waals surface area contributed by atoms with Crippen molar-refractivity contribution in [1.29, 1.82) is 0 Å². The van der Waals surface area contributed by atoms with Gasteiger partial charge in [-0.3, -0.25) is 0 Å². The lowest BCUT2D eigenvalue weighted by atomic mass is 10.2.